The Hall–Kier alpha value is -2.95. The van der Waals surface area contributed by atoms with Crippen LogP contribution in [-0.2, 0) is 11.2 Å². The van der Waals surface area contributed by atoms with Crippen molar-refractivity contribution in [3.05, 3.63) is 71.3 Å². The van der Waals surface area contributed by atoms with E-state index in [2.05, 4.69) is 0 Å². The molecule has 24 heavy (non-hydrogen) atoms. The van der Waals surface area contributed by atoms with Crippen LogP contribution < -0.4 is 0 Å². The molecule has 5 heteroatoms. The van der Waals surface area contributed by atoms with Gasteiger partial charge >= 0.3 is 5.97 Å². The zero-order valence-corrected chi connectivity index (χ0v) is 13.0. The van der Waals surface area contributed by atoms with Gasteiger partial charge in [-0.2, -0.15) is 0 Å². The highest BCUT2D eigenvalue weighted by molar-refractivity contribution is 6.21. The lowest BCUT2D eigenvalue weighted by Gasteiger charge is -2.26. The van der Waals surface area contributed by atoms with Crippen LogP contribution in [0.15, 0.2) is 54.6 Å². The molecular formula is C19H17NO4. The molecule has 1 atom stereocenters. The first-order valence-corrected chi connectivity index (χ1v) is 7.80. The van der Waals surface area contributed by atoms with Gasteiger partial charge in [0, 0.05) is 12.5 Å². The molecule has 0 bridgehead atoms. The maximum atomic E-state index is 12.6. The molecule has 122 valence electrons. The summed E-state index contributed by atoms with van der Waals surface area (Å²) in [6.45, 7) is 0. The van der Waals surface area contributed by atoms with Crippen molar-refractivity contribution in [1.82, 2.24) is 4.90 Å². The summed E-state index contributed by atoms with van der Waals surface area (Å²) in [5, 5.41) is 8.99. The number of carbonyl (C=O) groups is 3. The third-order valence-electron chi connectivity index (χ3n) is 4.20. The number of amides is 2. The number of aliphatic carboxylic acids is 1. The summed E-state index contributed by atoms with van der Waals surface area (Å²) in [6.07, 6.45) is 0.584. The van der Waals surface area contributed by atoms with Crippen LogP contribution >= 0.6 is 0 Å². The molecular weight excluding hydrogens is 306 g/mol. The van der Waals surface area contributed by atoms with Gasteiger partial charge in [-0.1, -0.05) is 42.5 Å². The molecule has 1 aliphatic heterocycles. The van der Waals surface area contributed by atoms with E-state index in [1.54, 1.807) is 24.3 Å². The fraction of sp³-hybridized carbons (Fsp3) is 0.211. The lowest BCUT2D eigenvalue weighted by Crippen LogP contribution is -2.41. The van der Waals surface area contributed by atoms with E-state index in [4.69, 9.17) is 5.11 Å². The Balaban J connectivity index is 1.89. The van der Waals surface area contributed by atoms with Crippen molar-refractivity contribution in [2.45, 2.75) is 25.3 Å². The molecule has 1 N–H and O–H groups in total. The Morgan fingerprint density at radius 2 is 1.46 bits per heavy atom. The first-order chi connectivity index (χ1) is 11.6. The van der Waals surface area contributed by atoms with Gasteiger partial charge in [-0.3, -0.25) is 19.3 Å². The van der Waals surface area contributed by atoms with Gasteiger partial charge in [0.05, 0.1) is 11.1 Å². The van der Waals surface area contributed by atoms with Gasteiger partial charge in [0.25, 0.3) is 11.8 Å². The average molecular weight is 323 g/mol. The quantitative estimate of drug-likeness (QED) is 0.830. The summed E-state index contributed by atoms with van der Waals surface area (Å²) < 4.78 is 0. The highest BCUT2D eigenvalue weighted by atomic mass is 16.4. The van der Waals surface area contributed by atoms with E-state index in [9.17, 15) is 14.4 Å². The number of benzene rings is 2. The second-order valence-electron chi connectivity index (χ2n) is 5.80. The Labute approximate surface area is 139 Å². The minimum absolute atomic E-state index is 0.0924. The third kappa shape index (κ3) is 3.06. The number of fused-ring (bicyclic) bond motifs is 1. The highest BCUT2D eigenvalue weighted by Gasteiger charge is 2.39. The molecule has 5 nitrogen and oxygen atoms in total. The van der Waals surface area contributed by atoms with Crippen LogP contribution in [0.3, 0.4) is 0 Å². The molecule has 0 radical (unpaired) electrons. The number of imide groups is 1. The van der Waals surface area contributed by atoms with Crippen molar-refractivity contribution in [2.24, 2.45) is 0 Å². The van der Waals surface area contributed by atoms with Crippen LogP contribution in [-0.4, -0.2) is 33.8 Å². The van der Waals surface area contributed by atoms with Crippen molar-refractivity contribution in [3.63, 3.8) is 0 Å². The zero-order chi connectivity index (χ0) is 17.1. The maximum Gasteiger partial charge on any atom is 0.303 e. The summed E-state index contributed by atoms with van der Waals surface area (Å²) in [7, 11) is 0. The molecule has 0 aromatic heterocycles. The van der Waals surface area contributed by atoms with Gasteiger partial charge in [0.15, 0.2) is 0 Å². The van der Waals surface area contributed by atoms with Crippen molar-refractivity contribution in [3.8, 4) is 0 Å². The van der Waals surface area contributed by atoms with Gasteiger partial charge in [-0.15, -0.1) is 0 Å². The van der Waals surface area contributed by atoms with E-state index in [1.807, 2.05) is 30.3 Å². The second-order valence-corrected chi connectivity index (χ2v) is 5.80. The first-order valence-electron chi connectivity index (χ1n) is 7.80. The highest BCUT2D eigenvalue weighted by Crippen LogP contribution is 2.27. The van der Waals surface area contributed by atoms with Crippen LogP contribution in [0.1, 0.15) is 39.1 Å². The van der Waals surface area contributed by atoms with Crippen molar-refractivity contribution < 1.29 is 19.5 Å². The number of carboxylic acids is 1. The Bertz CT molecular complexity index is 750. The number of hydrogen-bond acceptors (Lipinski definition) is 3. The summed E-state index contributed by atoms with van der Waals surface area (Å²) in [5.74, 6) is -1.63. The largest absolute Gasteiger partial charge is 0.481 e. The number of carbonyl (C=O) groups excluding carboxylic acids is 2. The molecule has 2 aromatic rings. The standard InChI is InChI=1S/C19H17NO4/c21-17(22)11-10-14(12-13-6-2-1-3-7-13)20-18(23)15-8-4-5-9-16(15)19(20)24/h1-9,14H,10-12H2,(H,21,22)/t14-/m1/s1. The molecule has 0 saturated heterocycles. The summed E-state index contributed by atoms with van der Waals surface area (Å²) in [6, 6.07) is 15.7. The molecule has 0 aliphatic carbocycles. The van der Waals surface area contributed by atoms with E-state index in [-0.39, 0.29) is 24.7 Å². The summed E-state index contributed by atoms with van der Waals surface area (Å²) in [4.78, 5) is 37.5. The smallest absolute Gasteiger partial charge is 0.303 e. The predicted molar refractivity (Wildman–Crippen MR) is 87.7 cm³/mol. The Morgan fingerprint density at radius 3 is 2.00 bits per heavy atom. The SMILES string of the molecule is O=C(O)CC[C@H](Cc1ccccc1)N1C(=O)c2ccccc2C1=O. The minimum Gasteiger partial charge on any atom is -0.481 e. The van der Waals surface area contributed by atoms with Crippen LogP contribution in [0.2, 0.25) is 0 Å². The molecule has 2 aromatic carbocycles. The molecule has 0 fully saturated rings. The van der Waals surface area contributed by atoms with Crippen LogP contribution in [0, 0.1) is 0 Å². The van der Waals surface area contributed by atoms with Crippen LogP contribution in [0.4, 0.5) is 0 Å². The van der Waals surface area contributed by atoms with E-state index in [1.165, 1.54) is 4.90 Å². The second kappa shape index (κ2) is 6.66. The van der Waals surface area contributed by atoms with Gasteiger partial charge < -0.3 is 5.11 Å². The number of carboxylic acid groups (broad SMARTS) is 1. The predicted octanol–water partition coefficient (Wildman–Crippen LogP) is 2.76. The van der Waals surface area contributed by atoms with Gasteiger partial charge in [0.1, 0.15) is 0 Å². The normalized spacial score (nSPS) is 14.6. The van der Waals surface area contributed by atoms with Crippen molar-refractivity contribution in [1.29, 1.82) is 0 Å². The topological polar surface area (TPSA) is 74.7 Å². The van der Waals surface area contributed by atoms with Crippen molar-refractivity contribution >= 4 is 17.8 Å². The van der Waals surface area contributed by atoms with E-state index in [0.717, 1.165) is 5.56 Å². The van der Waals surface area contributed by atoms with Gasteiger partial charge in [-0.25, -0.2) is 0 Å². The molecule has 3 rings (SSSR count). The third-order valence-corrected chi connectivity index (χ3v) is 4.20. The number of hydrogen-bond donors (Lipinski definition) is 1. The summed E-state index contributed by atoms with van der Waals surface area (Å²) in [5.41, 5.74) is 1.73. The van der Waals surface area contributed by atoms with Crippen LogP contribution in [0.5, 0.6) is 0 Å². The molecule has 0 unspecified atom stereocenters. The number of nitrogens with zero attached hydrogens (tertiary/aromatic N) is 1. The van der Waals surface area contributed by atoms with E-state index in [0.29, 0.717) is 17.5 Å². The fourth-order valence-corrected chi connectivity index (χ4v) is 3.04. The van der Waals surface area contributed by atoms with E-state index < -0.39 is 12.0 Å². The molecule has 0 spiro atoms. The van der Waals surface area contributed by atoms with Crippen LogP contribution in [0.25, 0.3) is 0 Å². The molecule has 0 saturated carbocycles. The zero-order valence-electron chi connectivity index (χ0n) is 13.0. The van der Waals surface area contributed by atoms with Gasteiger partial charge in [0.2, 0.25) is 0 Å². The molecule has 2 amide bonds. The lowest BCUT2D eigenvalue weighted by molar-refractivity contribution is -0.137. The minimum atomic E-state index is -0.940. The maximum absolute atomic E-state index is 12.6. The average Bonchev–Trinajstić information content (AvgIpc) is 2.84. The molecule has 1 heterocycles. The van der Waals surface area contributed by atoms with Crippen molar-refractivity contribution in [2.75, 3.05) is 0 Å². The summed E-state index contributed by atoms with van der Waals surface area (Å²) >= 11 is 0. The Morgan fingerprint density at radius 1 is 0.917 bits per heavy atom. The van der Waals surface area contributed by atoms with E-state index >= 15 is 0 Å². The Kier molecular flexibility index (Phi) is 4.42. The lowest BCUT2D eigenvalue weighted by atomic mass is 10.00. The molecule has 1 aliphatic rings. The van der Waals surface area contributed by atoms with Gasteiger partial charge in [-0.05, 0) is 30.5 Å². The monoisotopic (exact) mass is 323 g/mol. The number of rotatable bonds is 6. The first kappa shape index (κ1) is 15.9. The fourth-order valence-electron chi connectivity index (χ4n) is 3.04.